The number of benzene rings is 2. The van der Waals surface area contributed by atoms with Crippen molar-refractivity contribution in [2.24, 2.45) is 0 Å². The van der Waals surface area contributed by atoms with E-state index in [2.05, 4.69) is 49.4 Å². The zero-order valence-electron chi connectivity index (χ0n) is 11.9. The fourth-order valence-corrected chi connectivity index (χ4v) is 2.70. The Morgan fingerprint density at radius 3 is 1.68 bits per heavy atom. The standard InChI is InChI=1S/C12H16.C7H8/c1-3-7-11(8-4-1)12-9-5-2-6-10-12;1-7-5-3-2-4-6-7/h1,3-4,7-8,12H,2,5-6,9-10H2;2-6H,1H3. The summed E-state index contributed by atoms with van der Waals surface area (Å²) < 4.78 is 0. The van der Waals surface area contributed by atoms with E-state index in [9.17, 15) is 0 Å². The largest absolute Gasteiger partial charge is 0.0622 e. The molecule has 0 aromatic heterocycles. The van der Waals surface area contributed by atoms with Crippen molar-refractivity contribution in [2.45, 2.75) is 44.9 Å². The van der Waals surface area contributed by atoms with E-state index >= 15 is 0 Å². The molecule has 1 fully saturated rings. The molecule has 19 heavy (non-hydrogen) atoms. The molecule has 0 heteroatoms. The Kier molecular flexibility index (Phi) is 5.68. The molecule has 100 valence electrons. The summed E-state index contributed by atoms with van der Waals surface area (Å²) in [6.45, 7) is 2.08. The summed E-state index contributed by atoms with van der Waals surface area (Å²) >= 11 is 0. The van der Waals surface area contributed by atoms with E-state index < -0.39 is 0 Å². The average Bonchev–Trinajstić information content (AvgIpc) is 2.51. The van der Waals surface area contributed by atoms with Crippen LogP contribution in [0, 0.1) is 6.92 Å². The topological polar surface area (TPSA) is 0 Å². The first-order valence-electron chi connectivity index (χ1n) is 7.43. The minimum absolute atomic E-state index is 0.861. The lowest BCUT2D eigenvalue weighted by atomic mass is 9.84. The van der Waals surface area contributed by atoms with Crippen LogP contribution in [0.4, 0.5) is 0 Å². The molecule has 1 aliphatic rings. The Morgan fingerprint density at radius 1 is 0.684 bits per heavy atom. The summed E-state index contributed by atoms with van der Waals surface area (Å²) in [7, 11) is 0. The summed E-state index contributed by atoms with van der Waals surface area (Å²) in [5.41, 5.74) is 2.87. The normalized spacial score (nSPS) is 15.4. The molecule has 0 amide bonds. The maximum atomic E-state index is 2.27. The van der Waals surface area contributed by atoms with Gasteiger partial charge in [-0.25, -0.2) is 0 Å². The molecular weight excluding hydrogens is 228 g/mol. The van der Waals surface area contributed by atoms with Crippen molar-refractivity contribution in [3.63, 3.8) is 0 Å². The molecule has 0 unspecified atom stereocenters. The van der Waals surface area contributed by atoms with E-state index in [4.69, 9.17) is 0 Å². The monoisotopic (exact) mass is 252 g/mol. The molecule has 0 atom stereocenters. The van der Waals surface area contributed by atoms with E-state index in [0.717, 1.165) is 5.92 Å². The van der Waals surface area contributed by atoms with Crippen molar-refractivity contribution in [3.05, 3.63) is 71.8 Å². The van der Waals surface area contributed by atoms with E-state index in [1.807, 2.05) is 18.2 Å². The van der Waals surface area contributed by atoms with Crippen LogP contribution in [-0.4, -0.2) is 0 Å². The van der Waals surface area contributed by atoms with Crippen LogP contribution in [0.3, 0.4) is 0 Å². The lowest BCUT2D eigenvalue weighted by molar-refractivity contribution is 0.443. The first-order valence-corrected chi connectivity index (χ1v) is 7.43. The Labute approximate surface area is 117 Å². The van der Waals surface area contributed by atoms with Crippen molar-refractivity contribution < 1.29 is 0 Å². The third-order valence-corrected chi connectivity index (χ3v) is 3.82. The Morgan fingerprint density at radius 2 is 1.21 bits per heavy atom. The van der Waals surface area contributed by atoms with Crippen LogP contribution in [0.1, 0.15) is 49.1 Å². The molecular formula is C19H24. The molecule has 0 heterocycles. The number of hydrogen-bond donors (Lipinski definition) is 0. The lowest BCUT2D eigenvalue weighted by Gasteiger charge is -2.21. The molecule has 1 aliphatic carbocycles. The number of hydrogen-bond acceptors (Lipinski definition) is 0. The van der Waals surface area contributed by atoms with Gasteiger partial charge in [0.2, 0.25) is 0 Å². The second kappa shape index (κ2) is 7.78. The maximum absolute atomic E-state index is 2.27. The molecule has 0 N–H and O–H groups in total. The first-order chi connectivity index (χ1) is 9.36. The summed E-state index contributed by atoms with van der Waals surface area (Å²) in [6, 6.07) is 21.2. The smallest absolute Gasteiger partial charge is 0.0162 e. The fourth-order valence-electron chi connectivity index (χ4n) is 2.70. The number of rotatable bonds is 1. The van der Waals surface area contributed by atoms with Crippen LogP contribution >= 0.6 is 0 Å². The highest BCUT2D eigenvalue weighted by atomic mass is 14.2. The maximum Gasteiger partial charge on any atom is -0.0162 e. The minimum Gasteiger partial charge on any atom is -0.0622 e. The number of aryl methyl sites for hydroxylation is 1. The second-order valence-corrected chi connectivity index (χ2v) is 5.40. The minimum atomic E-state index is 0.861. The van der Waals surface area contributed by atoms with E-state index in [0.29, 0.717) is 0 Å². The van der Waals surface area contributed by atoms with Gasteiger partial charge >= 0.3 is 0 Å². The SMILES string of the molecule is Cc1ccccc1.c1ccc(C2CCCCC2)cc1. The highest BCUT2D eigenvalue weighted by Crippen LogP contribution is 2.32. The van der Waals surface area contributed by atoms with Gasteiger partial charge in [0.15, 0.2) is 0 Å². The molecule has 0 aliphatic heterocycles. The van der Waals surface area contributed by atoms with Crippen molar-refractivity contribution in [3.8, 4) is 0 Å². The third-order valence-electron chi connectivity index (χ3n) is 3.82. The second-order valence-electron chi connectivity index (χ2n) is 5.40. The third kappa shape index (κ3) is 4.90. The quantitative estimate of drug-likeness (QED) is 0.608. The van der Waals surface area contributed by atoms with Gasteiger partial charge in [0.1, 0.15) is 0 Å². The van der Waals surface area contributed by atoms with Gasteiger partial charge in [0, 0.05) is 0 Å². The van der Waals surface area contributed by atoms with Crippen molar-refractivity contribution >= 4 is 0 Å². The Hall–Kier alpha value is -1.56. The molecule has 3 rings (SSSR count). The fraction of sp³-hybridized carbons (Fsp3) is 0.368. The zero-order valence-corrected chi connectivity index (χ0v) is 11.9. The molecule has 1 saturated carbocycles. The van der Waals surface area contributed by atoms with Gasteiger partial charge in [0.25, 0.3) is 0 Å². The summed E-state index contributed by atoms with van der Waals surface area (Å²) in [5, 5.41) is 0. The van der Waals surface area contributed by atoms with Crippen molar-refractivity contribution in [1.29, 1.82) is 0 Å². The van der Waals surface area contributed by atoms with Crippen LogP contribution in [0.2, 0.25) is 0 Å². The van der Waals surface area contributed by atoms with E-state index in [-0.39, 0.29) is 0 Å². The van der Waals surface area contributed by atoms with Crippen molar-refractivity contribution in [2.75, 3.05) is 0 Å². The van der Waals surface area contributed by atoms with Crippen LogP contribution in [0.15, 0.2) is 60.7 Å². The summed E-state index contributed by atoms with van der Waals surface area (Å²) in [5.74, 6) is 0.861. The van der Waals surface area contributed by atoms with Gasteiger partial charge < -0.3 is 0 Å². The van der Waals surface area contributed by atoms with E-state index in [1.165, 1.54) is 37.7 Å². The predicted molar refractivity (Wildman–Crippen MR) is 83.4 cm³/mol. The van der Waals surface area contributed by atoms with Gasteiger partial charge in [-0.1, -0.05) is 85.5 Å². The zero-order chi connectivity index (χ0) is 13.3. The highest BCUT2D eigenvalue weighted by Gasteiger charge is 2.14. The van der Waals surface area contributed by atoms with Gasteiger partial charge in [-0.3, -0.25) is 0 Å². The van der Waals surface area contributed by atoms with Crippen LogP contribution < -0.4 is 0 Å². The van der Waals surface area contributed by atoms with Gasteiger partial charge in [-0.05, 0) is 31.2 Å². The molecule has 0 bridgehead atoms. The molecule has 0 saturated heterocycles. The highest BCUT2D eigenvalue weighted by molar-refractivity contribution is 5.19. The lowest BCUT2D eigenvalue weighted by Crippen LogP contribution is -2.03. The Bertz CT molecular complexity index is 438. The molecule has 0 spiro atoms. The van der Waals surface area contributed by atoms with Crippen molar-refractivity contribution in [1.82, 2.24) is 0 Å². The summed E-state index contributed by atoms with van der Waals surface area (Å²) in [6.07, 6.45) is 7.12. The van der Waals surface area contributed by atoms with Crippen LogP contribution in [-0.2, 0) is 0 Å². The first kappa shape index (κ1) is 13.9. The van der Waals surface area contributed by atoms with E-state index in [1.54, 1.807) is 5.56 Å². The Balaban J connectivity index is 0.000000163. The van der Waals surface area contributed by atoms with Gasteiger partial charge in [0.05, 0.1) is 0 Å². The molecule has 2 aromatic carbocycles. The molecule has 0 radical (unpaired) electrons. The average molecular weight is 252 g/mol. The summed E-state index contributed by atoms with van der Waals surface area (Å²) in [4.78, 5) is 0. The predicted octanol–water partition coefficient (Wildman–Crippen LogP) is 5.73. The van der Waals surface area contributed by atoms with Crippen LogP contribution in [0.5, 0.6) is 0 Å². The van der Waals surface area contributed by atoms with Gasteiger partial charge in [-0.2, -0.15) is 0 Å². The molecule has 2 aromatic rings. The van der Waals surface area contributed by atoms with Crippen LogP contribution in [0.25, 0.3) is 0 Å². The van der Waals surface area contributed by atoms with Gasteiger partial charge in [-0.15, -0.1) is 0 Å². The molecule has 0 nitrogen and oxygen atoms in total.